The molecule has 13 nitrogen and oxygen atoms in total. The number of nitrogens with zero attached hydrogens (tertiary/aromatic N) is 7. The van der Waals surface area contributed by atoms with Crippen molar-refractivity contribution < 1.29 is 24.2 Å². The quantitative estimate of drug-likeness (QED) is 0.132. The summed E-state index contributed by atoms with van der Waals surface area (Å²) in [6, 6.07) is 1.87. The molecule has 48 heavy (non-hydrogen) atoms. The molecule has 5 heterocycles. The molecule has 0 atom stereocenters. The molecule has 0 spiro atoms. The van der Waals surface area contributed by atoms with Crippen LogP contribution < -0.4 is 5.32 Å². The molecule has 262 valence electrons. The number of rotatable bonds is 13. The largest absolute Gasteiger partial charge is 0.481 e. The van der Waals surface area contributed by atoms with Gasteiger partial charge in [-0.05, 0) is 51.9 Å². The number of fused-ring (bicyclic) bond motifs is 1. The maximum atomic E-state index is 12.7. The number of carbonyl (C=O) groups is 3. The highest BCUT2D eigenvalue weighted by Gasteiger charge is 2.26. The van der Waals surface area contributed by atoms with Gasteiger partial charge in [0.1, 0.15) is 22.3 Å². The minimum absolute atomic E-state index is 0.00695. The molecule has 0 aliphatic carbocycles. The van der Waals surface area contributed by atoms with Crippen LogP contribution in [0.4, 0.5) is 0 Å². The smallest absolute Gasteiger partial charge is 0.313 e. The summed E-state index contributed by atoms with van der Waals surface area (Å²) in [5.41, 5.74) is 0. The lowest BCUT2D eigenvalue weighted by atomic mass is 9.96. The molecule has 0 radical (unpaired) electrons. The number of aliphatic carboxylic acids is 1. The molecule has 2 aromatic heterocycles. The number of likely N-dealkylation sites (tertiary alicyclic amines) is 1. The van der Waals surface area contributed by atoms with E-state index in [1.54, 1.807) is 6.92 Å². The van der Waals surface area contributed by atoms with E-state index in [0.29, 0.717) is 29.9 Å². The number of thioether (sulfide) groups is 1. The van der Waals surface area contributed by atoms with E-state index in [9.17, 15) is 14.4 Å². The summed E-state index contributed by atoms with van der Waals surface area (Å²) in [6.45, 7) is 14.8. The number of nitrogens with one attached hydrogen (secondary N) is 1. The summed E-state index contributed by atoms with van der Waals surface area (Å²) in [7, 11) is 2.11. The number of carboxylic acid groups (broad SMARTS) is 1. The van der Waals surface area contributed by atoms with E-state index in [-0.39, 0.29) is 30.7 Å². The van der Waals surface area contributed by atoms with Gasteiger partial charge in [-0.2, -0.15) is 0 Å². The van der Waals surface area contributed by atoms with Crippen LogP contribution >= 0.6 is 23.1 Å². The van der Waals surface area contributed by atoms with Gasteiger partial charge in [-0.15, -0.1) is 11.3 Å². The fourth-order valence-corrected chi connectivity index (χ4v) is 8.00. The number of thiophene rings is 1. The van der Waals surface area contributed by atoms with Gasteiger partial charge in [-0.25, -0.2) is 9.97 Å². The molecule has 0 saturated carbocycles. The van der Waals surface area contributed by atoms with Crippen LogP contribution in [-0.2, 0) is 19.1 Å². The molecule has 2 N–H and O–H groups in total. The summed E-state index contributed by atoms with van der Waals surface area (Å²) < 4.78 is 5.65. The SMILES string of the molecule is Cc1nc(SCC(=O)O)c2cc(C#CCNC(=O)COCCN3CCC(CN4CCN(CC(=O)N5CCN(C)CC5)CC4)CC3)sc2n1. The van der Waals surface area contributed by atoms with Gasteiger partial charge in [0.25, 0.3) is 0 Å². The van der Waals surface area contributed by atoms with Crippen LogP contribution in [0.1, 0.15) is 23.5 Å². The Morgan fingerprint density at radius 1 is 1.02 bits per heavy atom. The van der Waals surface area contributed by atoms with Gasteiger partial charge >= 0.3 is 5.97 Å². The molecule has 0 bridgehead atoms. The van der Waals surface area contributed by atoms with Crippen molar-refractivity contribution >= 4 is 51.1 Å². The first-order valence-electron chi connectivity index (χ1n) is 16.8. The Kier molecular flexibility index (Phi) is 13.8. The number of carboxylic acids is 1. The first kappa shape index (κ1) is 36.4. The highest BCUT2D eigenvalue weighted by atomic mass is 32.2. The van der Waals surface area contributed by atoms with E-state index in [2.05, 4.69) is 53.8 Å². The summed E-state index contributed by atoms with van der Waals surface area (Å²) in [4.78, 5) is 57.9. The van der Waals surface area contributed by atoms with Crippen LogP contribution in [-0.4, -0.2) is 175 Å². The van der Waals surface area contributed by atoms with Crippen molar-refractivity contribution in [3.8, 4) is 11.8 Å². The van der Waals surface area contributed by atoms with Gasteiger partial charge in [-0.1, -0.05) is 23.6 Å². The highest BCUT2D eigenvalue weighted by Crippen LogP contribution is 2.31. The van der Waals surface area contributed by atoms with Gasteiger partial charge < -0.3 is 34.8 Å². The Bertz CT molecular complexity index is 1460. The van der Waals surface area contributed by atoms with Crippen LogP contribution in [0.15, 0.2) is 11.1 Å². The van der Waals surface area contributed by atoms with Crippen molar-refractivity contribution in [2.24, 2.45) is 5.92 Å². The maximum Gasteiger partial charge on any atom is 0.313 e. The molecular weight excluding hydrogens is 653 g/mol. The second-order valence-corrected chi connectivity index (χ2v) is 14.8. The maximum absolute atomic E-state index is 12.7. The van der Waals surface area contributed by atoms with Gasteiger partial charge in [-0.3, -0.25) is 19.3 Å². The topological polar surface area (TPSA) is 135 Å². The van der Waals surface area contributed by atoms with Crippen LogP contribution in [0.2, 0.25) is 0 Å². The number of amides is 2. The number of piperidine rings is 1. The fraction of sp³-hybridized carbons (Fsp3) is 0.667. The number of carbonyl (C=O) groups excluding carboxylic acids is 2. The second kappa shape index (κ2) is 18.2. The molecule has 3 aliphatic rings. The predicted molar refractivity (Wildman–Crippen MR) is 187 cm³/mol. The van der Waals surface area contributed by atoms with E-state index in [1.165, 1.54) is 35.9 Å². The Morgan fingerprint density at radius 3 is 2.48 bits per heavy atom. The second-order valence-electron chi connectivity index (χ2n) is 12.8. The highest BCUT2D eigenvalue weighted by molar-refractivity contribution is 8.00. The van der Waals surface area contributed by atoms with Crippen molar-refractivity contribution in [2.45, 2.75) is 24.8 Å². The molecular formula is C33H48N8O5S2. The zero-order valence-corrected chi connectivity index (χ0v) is 29.7. The third-order valence-electron chi connectivity index (χ3n) is 9.08. The first-order chi connectivity index (χ1) is 23.2. The predicted octanol–water partition coefficient (Wildman–Crippen LogP) is 0.764. The lowest BCUT2D eigenvalue weighted by Gasteiger charge is -2.39. The monoisotopic (exact) mass is 700 g/mol. The molecule has 3 fully saturated rings. The minimum Gasteiger partial charge on any atom is -0.481 e. The number of hydrogen-bond donors (Lipinski definition) is 2. The van der Waals surface area contributed by atoms with Crippen LogP contribution in [0.5, 0.6) is 0 Å². The summed E-state index contributed by atoms with van der Waals surface area (Å²) >= 11 is 2.59. The standard InChI is InChI=1S/C33H48N8O5S2/c1-25-35-32(47-24-31(44)45)28-20-27(48-33(28)36-25)4-3-7-34-29(42)23-46-19-18-38-8-5-26(6-9-38)21-39-12-14-40(15-13-39)22-30(43)41-16-10-37(2)11-17-41/h20,26H,5-19,21-24H2,1-2H3,(H,34,42)(H,44,45). The average Bonchev–Trinajstić information content (AvgIpc) is 3.48. The van der Waals surface area contributed by atoms with E-state index in [1.807, 2.05) is 11.0 Å². The molecule has 2 amide bonds. The molecule has 0 unspecified atom stereocenters. The lowest BCUT2D eigenvalue weighted by Crippen LogP contribution is -2.53. The number of hydrogen-bond acceptors (Lipinski definition) is 12. The fourth-order valence-electron chi connectivity index (χ4n) is 6.22. The summed E-state index contributed by atoms with van der Waals surface area (Å²) in [5.74, 6) is 6.42. The number of aryl methyl sites for hydroxylation is 1. The number of likely N-dealkylation sites (N-methyl/N-ethyl adjacent to an activating group) is 1. The number of piperazine rings is 2. The van der Waals surface area contributed by atoms with Gasteiger partial charge in [0.15, 0.2) is 0 Å². The molecule has 3 aliphatic heterocycles. The normalized spacial score (nSPS) is 18.9. The third-order valence-corrected chi connectivity index (χ3v) is 11.0. The molecule has 0 aromatic carbocycles. The van der Waals surface area contributed by atoms with E-state index >= 15 is 0 Å². The van der Waals surface area contributed by atoms with E-state index < -0.39 is 5.97 Å². The Labute approximate surface area is 291 Å². The van der Waals surface area contributed by atoms with Crippen molar-refractivity contribution in [3.63, 3.8) is 0 Å². The zero-order chi connectivity index (χ0) is 33.9. The third kappa shape index (κ3) is 11.4. The van der Waals surface area contributed by atoms with Gasteiger partial charge in [0, 0.05) is 70.8 Å². The van der Waals surface area contributed by atoms with Gasteiger partial charge in [0.05, 0.1) is 30.3 Å². The Hall–Kier alpha value is -2.84. The zero-order valence-electron chi connectivity index (χ0n) is 28.1. The summed E-state index contributed by atoms with van der Waals surface area (Å²) in [6.07, 6.45) is 2.35. The van der Waals surface area contributed by atoms with Crippen molar-refractivity contribution in [1.29, 1.82) is 0 Å². The van der Waals surface area contributed by atoms with Crippen molar-refractivity contribution in [2.75, 3.05) is 118 Å². The molecule has 3 saturated heterocycles. The Morgan fingerprint density at radius 2 is 1.75 bits per heavy atom. The lowest BCUT2D eigenvalue weighted by molar-refractivity contribution is -0.135. The van der Waals surface area contributed by atoms with E-state index in [4.69, 9.17) is 9.84 Å². The number of aromatic nitrogens is 2. The molecule has 5 rings (SSSR count). The summed E-state index contributed by atoms with van der Waals surface area (Å²) in [5, 5.41) is 13.2. The van der Waals surface area contributed by atoms with Crippen LogP contribution in [0.3, 0.4) is 0 Å². The van der Waals surface area contributed by atoms with Crippen molar-refractivity contribution in [3.05, 3.63) is 16.8 Å². The molecule has 2 aromatic rings. The van der Waals surface area contributed by atoms with Crippen molar-refractivity contribution in [1.82, 2.24) is 39.8 Å². The van der Waals surface area contributed by atoms with Gasteiger partial charge in [0.2, 0.25) is 11.8 Å². The first-order valence-corrected chi connectivity index (χ1v) is 18.6. The Balaban J connectivity index is 0.903. The van der Waals surface area contributed by atoms with Crippen LogP contribution in [0.25, 0.3) is 10.2 Å². The average molecular weight is 701 g/mol. The van der Waals surface area contributed by atoms with Crippen LogP contribution in [0, 0.1) is 24.7 Å². The van der Waals surface area contributed by atoms with E-state index in [0.717, 1.165) is 93.6 Å². The number of ether oxygens (including phenoxy) is 1. The minimum atomic E-state index is -0.899. The molecule has 15 heteroatoms.